The van der Waals surface area contributed by atoms with Gasteiger partial charge in [-0.2, -0.15) is 13.2 Å². The number of alkyl halides is 4. The summed E-state index contributed by atoms with van der Waals surface area (Å²) < 4.78 is 91.6. The monoisotopic (exact) mass is 1000 g/mol. The summed E-state index contributed by atoms with van der Waals surface area (Å²) in [5, 5.41) is 15.9. The molecule has 16 nitrogen and oxygen atoms in total. The van der Waals surface area contributed by atoms with Crippen LogP contribution in [0.25, 0.3) is 22.1 Å². The lowest BCUT2D eigenvalue weighted by Crippen LogP contribution is -2.54. The third-order valence-electron chi connectivity index (χ3n) is 15.2. The lowest BCUT2D eigenvalue weighted by molar-refractivity contribution is -0.384. The Balaban J connectivity index is 0.861. The number of piperidine rings is 2. The number of carbonyl (C=O) groups is 1. The van der Waals surface area contributed by atoms with Crippen LogP contribution in [0.3, 0.4) is 0 Å². The van der Waals surface area contributed by atoms with Crippen molar-refractivity contribution in [2.45, 2.75) is 100.0 Å². The molecular formula is C50H56F4N10O6S. The standard InChI is InChI=1S/C50H56F4N10O6S/c1-31(2)36-6-3-4-7-37(36)39-8-5-17-63(39)34-25-48(26-34)12-20-62(21-13-48)33-9-10-38(41(23-33)70-35-22-32-11-16-55-46(32)56-27-35)47(65)60-71(68,69)42-24-40(64(66)67)43(45-44(42)58-30-59-45)57-28-49(51)14-18-61(19-15-49)29-50(52,53)54/h3-4,6-7,9-11,16,22-24,27,30-31,34,39,57H,5,8,12-15,17-21,25-26,28-29H2,1-2H3,(H,55,56)(H,58,59)(H,60,65)/t39-/m0/s1. The van der Waals surface area contributed by atoms with E-state index in [1.54, 1.807) is 24.4 Å². The van der Waals surface area contributed by atoms with Gasteiger partial charge in [-0.15, -0.1) is 0 Å². The number of amides is 1. The third-order valence-corrected chi connectivity index (χ3v) is 16.5. The number of imidazole rings is 1. The van der Waals surface area contributed by atoms with Crippen LogP contribution in [-0.4, -0.2) is 113 Å². The normalized spacial score (nSPS) is 19.9. The number of sulfonamides is 1. The van der Waals surface area contributed by atoms with Crippen molar-refractivity contribution >= 4 is 55.1 Å². The number of ether oxygens (including phenoxy) is 1. The van der Waals surface area contributed by atoms with Crippen molar-refractivity contribution in [3.63, 3.8) is 0 Å². The summed E-state index contributed by atoms with van der Waals surface area (Å²) in [7, 11) is -4.90. The molecule has 1 saturated carbocycles. The number of hydrogen-bond acceptors (Lipinski definition) is 12. The maximum Gasteiger partial charge on any atom is 0.401 e. The molecule has 6 heterocycles. The molecular weight excluding hydrogens is 945 g/mol. The molecule has 71 heavy (non-hydrogen) atoms. The van der Waals surface area contributed by atoms with Crippen LogP contribution in [0.4, 0.5) is 34.6 Å². The van der Waals surface area contributed by atoms with Gasteiger partial charge in [0.15, 0.2) is 0 Å². The quantitative estimate of drug-likeness (QED) is 0.0459. The fraction of sp³-hybridized carbons (Fsp3) is 0.460. The number of aromatic nitrogens is 4. The first-order valence-electron chi connectivity index (χ1n) is 24.1. The van der Waals surface area contributed by atoms with Crippen molar-refractivity contribution < 1.29 is 40.4 Å². The van der Waals surface area contributed by atoms with E-state index in [4.69, 9.17) is 4.74 Å². The molecule has 3 saturated heterocycles. The minimum atomic E-state index is -4.90. The third kappa shape index (κ3) is 9.87. The van der Waals surface area contributed by atoms with Crippen molar-refractivity contribution in [1.82, 2.24) is 34.5 Å². The number of carbonyl (C=O) groups excluding carboxylic acids is 1. The highest BCUT2D eigenvalue weighted by atomic mass is 32.2. The van der Waals surface area contributed by atoms with Gasteiger partial charge in [0, 0.05) is 74.2 Å². The number of nitrogens with one attached hydrogen (secondary N) is 4. The average molecular weight is 1000 g/mol. The molecule has 6 aromatic rings. The molecule has 1 atom stereocenters. The summed E-state index contributed by atoms with van der Waals surface area (Å²) >= 11 is 0. The number of likely N-dealkylation sites (tertiary alicyclic amines) is 2. The number of aromatic amines is 2. The Labute approximate surface area is 407 Å². The topological polar surface area (TPSA) is 195 Å². The number of anilines is 2. The van der Waals surface area contributed by atoms with Crippen molar-refractivity contribution in [2.75, 3.05) is 56.0 Å². The van der Waals surface area contributed by atoms with Gasteiger partial charge in [-0.3, -0.25) is 24.7 Å². The summed E-state index contributed by atoms with van der Waals surface area (Å²) in [5.74, 6) is -0.275. The lowest BCUT2D eigenvalue weighted by atomic mass is 9.59. The molecule has 0 unspecified atom stereocenters. The van der Waals surface area contributed by atoms with E-state index in [9.17, 15) is 36.5 Å². The highest BCUT2D eigenvalue weighted by molar-refractivity contribution is 7.90. The van der Waals surface area contributed by atoms with Crippen molar-refractivity contribution in [1.29, 1.82) is 0 Å². The van der Waals surface area contributed by atoms with Crippen LogP contribution in [0.2, 0.25) is 0 Å². The SMILES string of the molecule is CC(C)c1ccccc1[C@@H]1CCCN1C1CC2(CCN(c3ccc(C(=O)NS(=O)(=O)c4cc([N+](=O)[O-])c(NCC5(F)CCN(CC(F)(F)F)CC5)c5[nH]cnc45)c(Oc4cnc5[nH]ccc5c4)c3)CC2)C1. The van der Waals surface area contributed by atoms with E-state index in [1.165, 1.54) is 36.2 Å². The maximum atomic E-state index is 15.9. The van der Waals surface area contributed by atoms with Crippen LogP contribution >= 0.6 is 0 Å². The molecule has 376 valence electrons. The number of nitro groups is 1. The van der Waals surface area contributed by atoms with Crippen LogP contribution in [0.1, 0.15) is 98.7 Å². The smallest absolute Gasteiger partial charge is 0.401 e. The van der Waals surface area contributed by atoms with E-state index in [1.807, 2.05) is 6.07 Å². The number of benzene rings is 3. The van der Waals surface area contributed by atoms with Gasteiger partial charge in [0.1, 0.15) is 38.9 Å². The summed E-state index contributed by atoms with van der Waals surface area (Å²) in [6.45, 7) is 5.14. The molecule has 4 fully saturated rings. The Morgan fingerprint density at radius 1 is 0.986 bits per heavy atom. The number of nitro benzene ring substituents is 1. The fourth-order valence-corrected chi connectivity index (χ4v) is 12.6. The van der Waals surface area contributed by atoms with Gasteiger partial charge in [-0.1, -0.05) is 38.1 Å². The minimum Gasteiger partial charge on any atom is -0.455 e. The number of rotatable bonds is 14. The number of nitrogens with zero attached hydrogens (tertiary/aromatic N) is 6. The largest absolute Gasteiger partial charge is 0.455 e. The van der Waals surface area contributed by atoms with Gasteiger partial charge in [0.2, 0.25) is 0 Å². The molecule has 0 bridgehead atoms. The number of H-pyrrole nitrogens is 2. The molecule has 1 spiro atoms. The zero-order chi connectivity index (χ0) is 49.9. The van der Waals surface area contributed by atoms with Gasteiger partial charge in [0.05, 0.1) is 35.1 Å². The molecule has 3 aromatic heterocycles. The zero-order valence-corrected chi connectivity index (χ0v) is 40.2. The van der Waals surface area contributed by atoms with Crippen molar-refractivity contribution in [2.24, 2.45) is 5.41 Å². The second-order valence-corrected chi connectivity index (χ2v) is 21.7. The highest BCUT2D eigenvalue weighted by Gasteiger charge is 2.50. The van der Waals surface area contributed by atoms with Crippen LogP contribution in [0.5, 0.6) is 11.5 Å². The lowest BCUT2D eigenvalue weighted by Gasteiger charge is -2.56. The first kappa shape index (κ1) is 48.3. The van der Waals surface area contributed by atoms with E-state index in [0.29, 0.717) is 29.4 Å². The summed E-state index contributed by atoms with van der Waals surface area (Å²) in [4.78, 5) is 45.5. The Morgan fingerprint density at radius 2 is 1.75 bits per heavy atom. The number of halogens is 4. The minimum absolute atomic E-state index is 0.0532. The van der Waals surface area contributed by atoms with Crippen molar-refractivity contribution in [3.8, 4) is 11.5 Å². The number of hydrogen-bond donors (Lipinski definition) is 4. The van der Waals surface area contributed by atoms with Gasteiger partial charge in [-0.25, -0.2) is 27.5 Å². The van der Waals surface area contributed by atoms with Gasteiger partial charge in [0.25, 0.3) is 21.6 Å². The van der Waals surface area contributed by atoms with Crippen LogP contribution in [0, 0.1) is 15.5 Å². The molecule has 1 aliphatic carbocycles. The zero-order valence-electron chi connectivity index (χ0n) is 39.4. The predicted octanol–water partition coefficient (Wildman–Crippen LogP) is 9.75. The van der Waals surface area contributed by atoms with Gasteiger partial charge < -0.3 is 24.9 Å². The summed E-state index contributed by atoms with van der Waals surface area (Å²) in [6.07, 6.45) is 5.99. The van der Waals surface area contributed by atoms with Crippen LogP contribution < -0.4 is 19.7 Å². The molecule has 4 aliphatic rings. The highest BCUT2D eigenvalue weighted by Crippen LogP contribution is 2.54. The maximum absolute atomic E-state index is 15.9. The first-order valence-corrected chi connectivity index (χ1v) is 25.6. The number of fused-ring (bicyclic) bond motifs is 2. The Morgan fingerprint density at radius 3 is 2.48 bits per heavy atom. The summed E-state index contributed by atoms with van der Waals surface area (Å²) in [6, 6.07) is 19.1. The molecule has 10 rings (SSSR count). The number of pyridine rings is 1. The Kier molecular flexibility index (Phi) is 12.7. The molecule has 3 aliphatic heterocycles. The average Bonchev–Trinajstić information content (AvgIpc) is 4.12. The molecule has 4 N–H and O–H groups in total. The van der Waals surface area contributed by atoms with E-state index >= 15 is 4.39 Å². The molecule has 0 radical (unpaired) electrons. The van der Waals surface area contributed by atoms with E-state index in [-0.39, 0.29) is 59.4 Å². The first-order chi connectivity index (χ1) is 33.9. The van der Waals surface area contributed by atoms with Crippen LogP contribution in [0.15, 0.2) is 84.3 Å². The second-order valence-electron chi connectivity index (χ2n) is 20.1. The van der Waals surface area contributed by atoms with Gasteiger partial charge >= 0.3 is 6.18 Å². The van der Waals surface area contributed by atoms with E-state index < -0.39 is 56.4 Å². The molecule has 1 amide bonds. The molecule has 21 heteroatoms. The Hall–Kier alpha value is -6.32. The van der Waals surface area contributed by atoms with Crippen molar-refractivity contribution in [3.05, 3.63) is 106 Å². The van der Waals surface area contributed by atoms with E-state index in [0.717, 1.165) is 73.7 Å². The van der Waals surface area contributed by atoms with Gasteiger partial charge in [-0.05, 0) is 105 Å². The summed E-state index contributed by atoms with van der Waals surface area (Å²) in [5.41, 5.74) is 0.921. The van der Waals surface area contributed by atoms with E-state index in [2.05, 4.69) is 77.9 Å². The van der Waals surface area contributed by atoms with Crippen LogP contribution in [-0.2, 0) is 10.0 Å². The Bertz CT molecular complexity index is 3080. The fourth-order valence-electron chi connectivity index (χ4n) is 11.4. The predicted molar refractivity (Wildman–Crippen MR) is 260 cm³/mol. The molecule has 3 aromatic carbocycles. The second kappa shape index (κ2) is 18.7.